The van der Waals surface area contributed by atoms with Crippen LogP contribution in [0.15, 0.2) is 4.99 Å². The molecule has 92 valence electrons. The fourth-order valence-corrected chi connectivity index (χ4v) is 2.35. The molecule has 0 amide bonds. The third-order valence-electron chi connectivity index (χ3n) is 3.29. The average Bonchev–Trinajstić information content (AvgIpc) is 2.82. The van der Waals surface area contributed by atoms with E-state index in [0.29, 0.717) is 12.1 Å². The van der Waals surface area contributed by atoms with Gasteiger partial charge in [-0.15, -0.1) is 0 Å². The van der Waals surface area contributed by atoms with Gasteiger partial charge in [-0.05, 0) is 19.3 Å². The monoisotopic (exact) mass is 226 g/mol. The highest BCUT2D eigenvalue weighted by atomic mass is 16.5. The first-order valence-electron chi connectivity index (χ1n) is 6.27. The summed E-state index contributed by atoms with van der Waals surface area (Å²) in [6.45, 7) is 1.59. The first-order chi connectivity index (χ1) is 7.88. The summed E-state index contributed by atoms with van der Waals surface area (Å²) in [6.07, 6.45) is 7.34. The molecule has 16 heavy (non-hydrogen) atoms. The largest absolute Gasteiger partial charge is 0.379 e. The number of hydrazine groups is 1. The molecule has 0 bridgehead atoms. The van der Waals surface area contributed by atoms with Gasteiger partial charge >= 0.3 is 0 Å². The Labute approximate surface area is 96.8 Å². The van der Waals surface area contributed by atoms with E-state index in [1.54, 1.807) is 0 Å². The molecule has 0 spiro atoms. The van der Waals surface area contributed by atoms with Crippen molar-refractivity contribution in [3.63, 3.8) is 0 Å². The first kappa shape index (κ1) is 11.7. The van der Waals surface area contributed by atoms with Crippen LogP contribution in [-0.2, 0) is 4.74 Å². The molecule has 1 aliphatic heterocycles. The zero-order chi connectivity index (χ0) is 11.2. The molecule has 1 aliphatic carbocycles. The van der Waals surface area contributed by atoms with Crippen molar-refractivity contribution >= 4 is 5.96 Å². The quantitative estimate of drug-likeness (QED) is 0.278. The molecule has 0 aromatic heterocycles. The maximum Gasteiger partial charge on any atom is 0.206 e. The van der Waals surface area contributed by atoms with Gasteiger partial charge in [-0.1, -0.05) is 19.3 Å². The third-order valence-corrected chi connectivity index (χ3v) is 3.29. The van der Waals surface area contributed by atoms with Crippen LogP contribution in [0.5, 0.6) is 0 Å². The molecular weight excluding hydrogens is 204 g/mol. The Bertz CT molecular complexity index is 232. The molecule has 5 nitrogen and oxygen atoms in total. The van der Waals surface area contributed by atoms with Crippen molar-refractivity contribution in [2.45, 2.75) is 50.6 Å². The van der Waals surface area contributed by atoms with E-state index in [1.165, 1.54) is 32.1 Å². The number of nitrogens with two attached hydrogens (primary N) is 1. The van der Waals surface area contributed by atoms with Crippen molar-refractivity contribution in [1.82, 2.24) is 10.7 Å². The molecule has 1 saturated heterocycles. The average molecular weight is 226 g/mol. The molecule has 5 heteroatoms. The Morgan fingerprint density at radius 3 is 2.62 bits per heavy atom. The number of ether oxygens (including phenoxy) is 1. The number of rotatable bonds is 2. The summed E-state index contributed by atoms with van der Waals surface area (Å²) in [5.41, 5.74) is 2.66. The van der Waals surface area contributed by atoms with Gasteiger partial charge in [0.05, 0.1) is 18.7 Å². The predicted molar refractivity (Wildman–Crippen MR) is 64.0 cm³/mol. The molecule has 1 atom stereocenters. The summed E-state index contributed by atoms with van der Waals surface area (Å²) in [6, 6.07) is 0.799. The maximum absolute atomic E-state index is 5.48. The van der Waals surface area contributed by atoms with E-state index in [9.17, 15) is 0 Å². The van der Waals surface area contributed by atoms with Gasteiger partial charge in [0, 0.05) is 6.61 Å². The number of hydrogen-bond donors (Lipinski definition) is 3. The molecule has 2 fully saturated rings. The highest BCUT2D eigenvalue weighted by Crippen LogP contribution is 2.20. The van der Waals surface area contributed by atoms with E-state index in [-0.39, 0.29) is 0 Å². The zero-order valence-corrected chi connectivity index (χ0v) is 9.74. The minimum absolute atomic E-state index is 0.360. The summed E-state index contributed by atoms with van der Waals surface area (Å²) >= 11 is 0. The van der Waals surface area contributed by atoms with Crippen LogP contribution in [-0.4, -0.2) is 31.3 Å². The van der Waals surface area contributed by atoms with Crippen molar-refractivity contribution < 1.29 is 4.74 Å². The molecule has 1 unspecified atom stereocenters. The summed E-state index contributed by atoms with van der Waals surface area (Å²) in [7, 11) is 0. The lowest BCUT2D eigenvalue weighted by Gasteiger charge is -2.20. The van der Waals surface area contributed by atoms with Gasteiger partial charge in [-0.2, -0.15) is 0 Å². The molecule has 1 saturated carbocycles. The second-order valence-electron chi connectivity index (χ2n) is 4.62. The molecule has 0 aromatic carbocycles. The van der Waals surface area contributed by atoms with Crippen molar-refractivity contribution in [3.8, 4) is 0 Å². The normalized spacial score (nSPS) is 28.1. The number of aliphatic imine (C=N–C) groups is 1. The van der Waals surface area contributed by atoms with Crippen LogP contribution >= 0.6 is 0 Å². The summed E-state index contributed by atoms with van der Waals surface area (Å²) < 4.78 is 5.31. The van der Waals surface area contributed by atoms with E-state index >= 15 is 0 Å². The van der Waals surface area contributed by atoms with E-state index in [4.69, 9.17) is 10.6 Å². The lowest BCUT2D eigenvalue weighted by atomic mass is 9.96. The summed E-state index contributed by atoms with van der Waals surface area (Å²) in [5, 5.41) is 3.30. The fraction of sp³-hybridized carbons (Fsp3) is 0.909. The van der Waals surface area contributed by atoms with Gasteiger partial charge in [0.25, 0.3) is 0 Å². The van der Waals surface area contributed by atoms with Crippen LogP contribution in [0.1, 0.15) is 38.5 Å². The van der Waals surface area contributed by atoms with Gasteiger partial charge < -0.3 is 10.1 Å². The molecule has 1 heterocycles. The van der Waals surface area contributed by atoms with E-state index in [1.807, 2.05) is 0 Å². The van der Waals surface area contributed by atoms with Crippen molar-refractivity contribution in [2.24, 2.45) is 10.8 Å². The van der Waals surface area contributed by atoms with Gasteiger partial charge in [-0.3, -0.25) is 5.43 Å². The van der Waals surface area contributed by atoms with Crippen molar-refractivity contribution in [3.05, 3.63) is 0 Å². The Balaban J connectivity index is 1.84. The van der Waals surface area contributed by atoms with Gasteiger partial charge in [-0.25, -0.2) is 10.8 Å². The number of nitrogens with one attached hydrogen (secondary N) is 2. The second-order valence-corrected chi connectivity index (χ2v) is 4.62. The lowest BCUT2D eigenvalue weighted by molar-refractivity contribution is 0.192. The highest BCUT2D eigenvalue weighted by molar-refractivity contribution is 5.79. The van der Waals surface area contributed by atoms with E-state index in [0.717, 1.165) is 25.6 Å². The molecule has 4 N–H and O–H groups in total. The Morgan fingerprint density at radius 1 is 1.19 bits per heavy atom. The second kappa shape index (κ2) is 6.06. The zero-order valence-electron chi connectivity index (χ0n) is 9.74. The Morgan fingerprint density at radius 2 is 2.00 bits per heavy atom. The molecule has 0 aromatic rings. The first-order valence-corrected chi connectivity index (χ1v) is 6.27. The van der Waals surface area contributed by atoms with E-state index in [2.05, 4.69) is 15.7 Å². The number of nitrogens with zero attached hydrogens (tertiary/aromatic N) is 1. The number of guanidine groups is 1. The minimum atomic E-state index is 0.360. The van der Waals surface area contributed by atoms with Gasteiger partial charge in [0.15, 0.2) is 0 Å². The molecule has 2 aliphatic rings. The standard InChI is InChI=1S/C11H22N4O/c12-15-11(14-10-6-7-16-8-10)13-9-4-2-1-3-5-9/h9-10H,1-8,12H2,(H2,13,14,15). The molecule has 2 rings (SSSR count). The SMILES string of the molecule is NNC(=NC1CCCCC1)NC1CCOC1. The van der Waals surface area contributed by atoms with Crippen LogP contribution in [0.25, 0.3) is 0 Å². The van der Waals surface area contributed by atoms with Gasteiger partial charge in [0.1, 0.15) is 0 Å². The predicted octanol–water partition coefficient (Wildman–Crippen LogP) is 0.517. The van der Waals surface area contributed by atoms with Crippen molar-refractivity contribution in [1.29, 1.82) is 0 Å². The maximum atomic E-state index is 5.48. The minimum Gasteiger partial charge on any atom is -0.379 e. The van der Waals surface area contributed by atoms with Crippen LogP contribution in [0, 0.1) is 0 Å². The highest BCUT2D eigenvalue weighted by Gasteiger charge is 2.18. The lowest BCUT2D eigenvalue weighted by Crippen LogP contribution is -2.47. The Hall–Kier alpha value is -0.810. The topological polar surface area (TPSA) is 71.7 Å². The van der Waals surface area contributed by atoms with Crippen LogP contribution < -0.4 is 16.6 Å². The third kappa shape index (κ3) is 3.35. The van der Waals surface area contributed by atoms with Crippen LogP contribution in [0.2, 0.25) is 0 Å². The fourth-order valence-electron chi connectivity index (χ4n) is 2.35. The molecule has 0 radical (unpaired) electrons. The van der Waals surface area contributed by atoms with Crippen molar-refractivity contribution in [2.75, 3.05) is 13.2 Å². The van der Waals surface area contributed by atoms with Crippen LogP contribution in [0.3, 0.4) is 0 Å². The summed E-state index contributed by atoms with van der Waals surface area (Å²) in [4.78, 5) is 4.63. The Kier molecular flexibility index (Phi) is 4.42. The van der Waals surface area contributed by atoms with Crippen LogP contribution in [0.4, 0.5) is 0 Å². The number of hydrogen-bond acceptors (Lipinski definition) is 3. The smallest absolute Gasteiger partial charge is 0.206 e. The summed E-state index contributed by atoms with van der Waals surface area (Å²) in [5.74, 6) is 6.21. The van der Waals surface area contributed by atoms with E-state index < -0.39 is 0 Å². The molecular formula is C11H22N4O. The van der Waals surface area contributed by atoms with Gasteiger partial charge in [0.2, 0.25) is 5.96 Å².